The van der Waals surface area contributed by atoms with Gasteiger partial charge in [0.25, 0.3) is 5.91 Å². The Balaban J connectivity index is 2.23. The van der Waals surface area contributed by atoms with Gasteiger partial charge in [-0.25, -0.2) is 0 Å². The van der Waals surface area contributed by atoms with Gasteiger partial charge in [-0.1, -0.05) is 6.07 Å². The summed E-state index contributed by atoms with van der Waals surface area (Å²) in [5.41, 5.74) is 8.00. The van der Waals surface area contributed by atoms with E-state index in [1.165, 1.54) is 17.6 Å². The second-order valence-electron chi connectivity index (χ2n) is 4.62. The van der Waals surface area contributed by atoms with Gasteiger partial charge in [-0.05, 0) is 36.1 Å². The van der Waals surface area contributed by atoms with E-state index >= 15 is 0 Å². The summed E-state index contributed by atoms with van der Waals surface area (Å²) in [4.78, 5) is 15.4. The Morgan fingerprint density at radius 3 is 2.75 bits per heavy atom. The third-order valence-electron chi connectivity index (χ3n) is 3.18. The molecular weight excluding hydrogens is 272 g/mol. The number of para-hydroxylation sites is 1. The van der Waals surface area contributed by atoms with Crippen LogP contribution < -0.4 is 10.5 Å². The van der Waals surface area contributed by atoms with Gasteiger partial charge in [0.1, 0.15) is 0 Å². The van der Waals surface area contributed by atoms with E-state index in [-0.39, 0.29) is 5.91 Å². The Labute approximate surface area is 122 Å². The molecule has 0 spiro atoms. The molecule has 20 heavy (non-hydrogen) atoms. The fourth-order valence-corrected chi connectivity index (χ4v) is 2.97. The van der Waals surface area contributed by atoms with Crippen LogP contribution in [-0.2, 0) is 6.54 Å². The molecule has 0 bridgehead atoms. The van der Waals surface area contributed by atoms with Gasteiger partial charge in [-0.2, -0.15) is 0 Å². The van der Waals surface area contributed by atoms with Gasteiger partial charge in [0.2, 0.25) is 0 Å². The number of carbonyl (C=O) groups excluding carboxylic acids is 1. The first kappa shape index (κ1) is 14.4. The minimum atomic E-state index is -0.0954. The minimum Gasteiger partial charge on any atom is -0.494 e. The van der Waals surface area contributed by atoms with Crippen LogP contribution in [-0.4, -0.2) is 25.0 Å². The number of nitrogens with zero attached hydrogens (tertiary/aromatic N) is 1. The highest BCUT2D eigenvalue weighted by molar-refractivity contribution is 7.10. The van der Waals surface area contributed by atoms with Crippen LogP contribution in [0.2, 0.25) is 0 Å². The van der Waals surface area contributed by atoms with E-state index in [1.54, 1.807) is 41.5 Å². The maximum absolute atomic E-state index is 12.5. The number of nitrogens with two attached hydrogens (primary N) is 1. The van der Waals surface area contributed by atoms with E-state index in [0.29, 0.717) is 23.5 Å². The van der Waals surface area contributed by atoms with E-state index in [4.69, 9.17) is 10.5 Å². The van der Waals surface area contributed by atoms with Gasteiger partial charge in [0, 0.05) is 11.9 Å². The van der Waals surface area contributed by atoms with Crippen molar-refractivity contribution in [3.63, 3.8) is 0 Å². The zero-order valence-electron chi connectivity index (χ0n) is 11.8. The number of rotatable bonds is 4. The van der Waals surface area contributed by atoms with Crippen molar-refractivity contribution in [1.82, 2.24) is 4.90 Å². The third kappa shape index (κ3) is 2.77. The third-order valence-corrected chi connectivity index (χ3v) is 4.18. The molecule has 0 radical (unpaired) electrons. The summed E-state index contributed by atoms with van der Waals surface area (Å²) in [7, 11) is 3.30. The van der Waals surface area contributed by atoms with Crippen molar-refractivity contribution in [3.8, 4) is 5.75 Å². The van der Waals surface area contributed by atoms with Crippen LogP contribution in [0.25, 0.3) is 0 Å². The minimum absolute atomic E-state index is 0.0954. The highest BCUT2D eigenvalue weighted by Gasteiger charge is 2.19. The van der Waals surface area contributed by atoms with E-state index in [9.17, 15) is 4.79 Å². The van der Waals surface area contributed by atoms with Crippen LogP contribution >= 0.6 is 11.3 Å². The molecule has 106 valence electrons. The molecule has 0 unspecified atom stereocenters. The second kappa shape index (κ2) is 5.96. The van der Waals surface area contributed by atoms with Gasteiger partial charge in [-0.3, -0.25) is 4.79 Å². The summed E-state index contributed by atoms with van der Waals surface area (Å²) in [5, 5.41) is 2.03. The number of hydrogen-bond acceptors (Lipinski definition) is 4. The maximum atomic E-state index is 12.5. The molecule has 0 atom stereocenters. The Morgan fingerprint density at radius 1 is 1.40 bits per heavy atom. The van der Waals surface area contributed by atoms with Crippen molar-refractivity contribution in [2.75, 3.05) is 19.9 Å². The molecule has 0 aliphatic carbocycles. The quantitative estimate of drug-likeness (QED) is 0.881. The van der Waals surface area contributed by atoms with Crippen LogP contribution in [0.15, 0.2) is 29.6 Å². The Bertz CT molecular complexity index is 622. The topological polar surface area (TPSA) is 55.6 Å². The van der Waals surface area contributed by atoms with Gasteiger partial charge in [0.05, 0.1) is 24.9 Å². The van der Waals surface area contributed by atoms with Crippen LogP contribution in [0.3, 0.4) is 0 Å². The van der Waals surface area contributed by atoms with Crippen molar-refractivity contribution in [2.24, 2.45) is 0 Å². The zero-order chi connectivity index (χ0) is 14.7. The Hall–Kier alpha value is -2.01. The molecule has 1 amide bonds. The number of ether oxygens (including phenoxy) is 1. The molecule has 0 aliphatic rings. The smallest absolute Gasteiger partial charge is 0.257 e. The molecule has 0 fully saturated rings. The van der Waals surface area contributed by atoms with E-state index in [0.717, 1.165) is 0 Å². The molecule has 2 rings (SSSR count). The molecule has 0 aliphatic heterocycles. The van der Waals surface area contributed by atoms with Crippen LogP contribution in [0.1, 0.15) is 20.8 Å². The number of hydrogen-bond donors (Lipinski definition) is 1. The molecule has 0 saturated carbocycles. The van der Waals surface area contributed by atoms with Crippen LogP contribution in [0.5, 0.6) is 5.75 Å². The molecule has 4 nitrogen and oxygen atoms in total. The highest BCUT2D eigenvalue weighted by atomic mass is 32.1. The summed E-state index contributed by atoms with van der Waals surface area (Å²) < 4.78 is 5.24. The summed E-state index contributed by atoms with van der Waals surface area (Å²) in [6, 6.07) is 7.27. The number of benzene rings is 1. The number of nitrogen functional groups attached to an aromatic ring is 1. The first-order valence-corrected chi connectivity index (χ1v) is 7.13. The highest BCUT2D eigenvalue weighted by Crippen LogP contribution is 2.27. The van der Waals surface area contributed by atoms with Crippen molar-refractivity contribution in [3.05, 3.63) is 45.6 Å². The number of thiophene rings is 1. The molecule has 2 N–H and O–H groups in total. The first-order chi connectivity index (χ1) is 9.54. The van der Waals surface area contributed by atoms with Crippen molar-refractivity contribution in [2.45, 2.75) is 13.5 Å². The zero-order valence-corrected chi connectivity index (χ0v) is 12.7. The van der Waals surface area contributed by atoms with E-state index in [1.807, 2.05) is 12.3 Å². The average molecular weight is 290 g/mol. The second-order valence-corrected chi connectivity index (χ2v) is 5.62. The number of carbonyl (C=O) groups is 1. The molecule has 2 aromatic rings. The number of anilines is 1. The molecular formula is C15H18N2O2S. The number of methoxy groups -OCH3 is 1. The lowest BCUT2D eigenvalue weighted by Crippen LogP contribution is -2.26. The molecule has 1 heterocycles. The van der Waals surface area contributed by atoms with Crippen molar-refractivity contribution in [1.29, 1.82) is 0 Å². The van der Waals surface area contributed by atoms with Crippen LogP contribution in [0, 0.1) is 6.92 Å². The standard InChI is InChI=1S/C15H18N2O2S/c1-10-7-8-20-13(10)9-17(2)15(18)11-5-4-6-12(16)14(11)19-3/h4-8H,9,16H2,1-3H3. The largest absolute Gasteiger partial charge is 0.494 e. The van der Waals surface area contributed by atoms with Gasteiger partial charge in [0.15, 0.2) is 5.75 Å². The molecule has 1 aromatic heterocycles. The van der Waals surface area contributed by atoms with Gasteiger partial charge in [-0.15, -0.1) is 11.3 Å². The fraction of sp³-hybridized carbons (Fsp3) is 0.267. The number of amides is 1. The van der Waals surface area contributed by atoms with E-state index < -0.39 is 0 Å². The van der Waals surface area contributed by atoms with Gasteiger partial charge < -0.3 is 15.4 Å². The summed E-state index contributed by atoms with van der Waals surface area (Å²) in [6.45, 7) is 2.63. The average Bonchev–Trinajstić information content (AvgIpc) is 2.83. The lowest BCUT2D eigenvalue weighted by Gasteiger charge is -2.19. The summed E-state index contributed by atoms with van der Waals surface area (Å²) in [6.07, 6.45) is 0. The first-order valence-electron chi connectivity index (χ1n) is 6.25. The van der Waals surface area contributed by atoms with Crippen LogP contribution in [0.4, 0.5) is 5.69 Å². The molecule has 5 heteroatoms. The summed E-state index contributed by atoms with van der Waals surface area (Å²) >= 11 is 1.65. The molecule has 0 saturated heterocycles. The maximum Gasteiger partial charge on any atom is 0.257 e. The van der Waals surface area contributed by atoms with Gasteiger partial charge >= 0.3 is 0 Å². The lowest BCUT2D eigenvalue weighted by atomic mass is 10.1. The van der Waals surface area contributed by atoms with Crippen molar-refractivity contribution >= 4 is 22.9 Å². The Morgan fingerprint density at radius 2 is 2.15 bits per heavy atom. The summed E-state index contributed by atoms with van der Waals surface area (Å²) in [5.74, 6) is 0.342. The SMILES string of the molecule is COc1c(N)cccc1C(=O)N(C)Cc1sccc1C. The van der Waals surface area contributed by atoms with Crippen molar-refractivity contribution < 1.29 is 9.53 Å². The number of aryl methyl sites for hydroxylation is 1. The Kier molecular flexibility index (Phi) is 4.29. The predicted molar refractivity (Wildman–Crippen MR) is 82.3 cm³/mol. The lowest BCUT2D eigenvalue weighted by molar-refractivity contribution is 0.0783. The fourth-order valence-electron chi connectivity index (χ4n) is 2.01. The normalized spacial score (nSPS) is 10.3. The molecule has 1 aromatic carbocycles. The predicted octanol–water partition coefficient (Wildman–Crippen LogP) is 2.92. The van der Waals surface area contributed by atoms with E-state index in [2.05, 4.69) is 6.07 Å². The monoisotopic (exact) mass is 290 g/mol.